The number of hydrogen-bond donors (Lipinski definition) is 0. The number of hydrogen-bond acceptors (Lipinski definition) is 5. The van der Waals surface area contributed by atoms with Gasteiger partial charge < -0.3 is 14.5 Å². The van der Waals surface area contributed by atoms with Gasteiger partial charge in [0.05, 0.1) is 18.7 Å². The van der Waals surface area contributed by atoms with Gasteiger partial charge in [0.1, 0.15) is 0 Å². The van der Waals surface area contributed by atoms with Crippen LogP contribution in [0.2, 0.25) is 0 Å². The molecule has 1 aromatic rings. The molecule has 0 saturated carbocycles. The summed E-state index contributed by atoms with van der Waals surface area (Å²) in [5, 5.41) is 8.86. The molecule has 1 aliphatic heterocycles. The van der Waals surface area contributed by atoms with Crippen LogP contribution < -0.4 is 4.90 Å². The minimum atomic E-state index is -0.239. The second-order valence-electron chi connectivity index (χ2n) is 6.36. The van der Waals surface area contributed by atoms with E-state index in [2.05, 4.69) is 15.7 Å². The van der Waals surface area contributed by atoms with Gasteiger partial charge in [-0.2, -0.15) is 5.26 Å². The Morgan fingerprint density at radius 3 is 2.48 bits per heavy atom. The Kier molecular flexibility index (Phi) is 6.81. The van der Waals surface area contributed by atoms with Gasteiger partial charge in [-0.05, 0) is 43.5 Å². The van der Waals surface area contributed by atoms with Crippen LogP contribution in [-0.4, -0.2) is 50.6 Å². The lowest BCUT2D eigenvalue weighted by Crippen LogP contribution is -2.41. The van der Waals surface area contributed by atoms with Crippen molar-refractivity contribution in [3.05, 3.63) is 29.8 Å². The Morgan fingerprint density at radius 2 is 1.92 bits per heavy atom. The molecule has 0 spiro atoms. The number of ether oxygens (including phenoxy) is 1. The van der Waals surface area contributed by atoms with Crippen LogP contribution in [0.4, 0.5) is 5.69 Å². The number of carbonyl (C=O) groups excluding carboxylic acids is 2. The molecule has 0 unspecified atom stereocenters. The average Bonchev–Trinajstić information content (AvgIpc) is 2.67. The second kappa shape index (κ2) is 9.07. The quantitative estimate of drug-likeness (QED) is 0.740. The van der Waals surface area contributed by atoms with Crippen molar-refractivity contribution in [2.45, 2.75) is 25.7 Å². The summed E-state index contributed by atoms with van der Waals surface area (Å²) in [6, 6.07) is 9.68. The molecule has 2 rings (SSSR count). The minimum Gasteiger partial charge on any atom is -0.469 e. The summed E-state index contributed by atoms with van der Waals surface area (Å²) in [6.45, 7) is 2.24. The Balaban J connectivity index is 1.79. The molecule has 0 aromatic heterocycles. The van der Waals surface area contributed by atoms with E-state index in [0.29, 0.717) is 24.9 Å². The van der Waals surface area contributed by atoms with Crippen LogP contribution in [0.1, 0.15) is 31.2 Å². The molecule has 134 valence electrons. The van der Waals surface area contributed by atoms with Crippen molar-refractivity contribution >= 4 is 17.6 Å². The lowest BCUT2D eigenvalue weighted by molar-refractivity contribution is -0.141. The number of nitriles is 1. The molecular formula is C19H25N3O3. The highest BCUT2D eigenvalue weighted by Gasteiger charge is 2.27. The zero-order valence-electron chi connectivity index (χ0n) is 14.9. The van der Waals surface area contributed by atoms with Crippen molar-refractivity contribution in [2.24, 2.45) is 5.92 Å². The molecular weight excluding hydrogens is 318 g/mol. The summed E-state index contributed by atoms with van der Waals surface area (Å²) in [5.41, 5.74) is 1.75. The van der Waals surface area contributed by atoms with Crippen LogP contribution in [0.25, 0.3) is 0 Å². The number of piperidine rings is 1. The van der Waals surface area contributed by atoms with Crippen LogP contribution in [0.5, 0.6) is 0 Å². The number of rotatable bonds is 6. The van der Waals surface area contributed by atoms with Crippen molar-refractivity contribution in [1.82, 2.24) is 4.90 Å². The maximum absolute atomic E-state index is 12.5. The number of methoxy groups -OCH3 is 1. The summed E-state index contributed by atoms with van der Waals surface area (Å²) in [7, 11) is 3.17. The third-order valence-electron chi connectivity index (χ3n) is 4.68. The predicted octanol–water partition coefficient (Wildman–Crippen LogP) is 2.19. The smallest absolute Gasteiger partial charge is 0.305 e. The highest BCUT2D eigenvalue weighted by atomic mass is 16.5. The van der Waals surface area contributed by atoms with E-state index in [-0.39, 0.29) is 17.8 Å². The number of amides is 1. The molecule has 1 aromatic carbocycles. The maximum Gasteiger partial charge on any atom is 0.305 e. The molecule has 1 amide bonds. The van der Waals surface area contributed by atoms with Gasteiger partial charge in [-0.1, -0.05) is 0 Å². The van der Waals surface area contributed by atoms with Crippen LogP contribution in [0.3, 0.4) is 0 Å². The summed E-state index contributed by atoms with van der Waals surface area (Å²) < 4.78 is 4.61. The Labute approximate surface area is 149 Å². The van der Waals surface area contributed by atoms with Crippen LogP contribution in [0, 0.1) is 17.2 Å². The van der Waals surface area contributed by atoms with Crippen LogP contribution in [-0.2, 0) is 14.3 Å². The van der Waals surface area contributed by atoms with E-state index >= 15 is 0 Å². The lowest BCUT2D eigenvalue weighted by atomic mass is 9.95. The first-order valence-electron chi connectivity index (χ1n) is 8.62. The van der Waals surface area contributed by atoms with Crippen molar-refractivity contribution in [1.29, 1.82) is 5.26 Å². The molecule has 0 radical (unpaired) electrons. The first-order valence-corrected chi connectivity index (χ1v) is 8.62. The molecule has 0 bridgehead atoms. The van der Waals surface area contributed by atoms with E-state index in [1.165, 1.54) is 7.11 Å². The van der Waals surface area contributed by atoms with Crippen molar-refractivity contribution in [3.8, 4) is 6.07 Å². The van der Waals surface area contributed by atoms with Gasteiger partial charge in [0.2, 0.25) is 5.91 Å². The van der Waals surface area contributed by atoms with Gasteiger partial charge in [0.25, 0.3) is 0 Å². The lowest BCUT2D eigenvalue weighted by Gasteiger charge is -2.34. The van der Waals surface area contributed by atoms with Crippen LogP contribution >= 0.6 is 0 Å². The Morgan fingerprint density at radius 1 is 1.28 bits per heavy atom. The van der Waals surface area contributed by atoms with E-state index in [9.17, 15) is 9.59 Å². The van der Waals surface area contributed by atoms with Crippen LogP contribution in [0.15, 0.2) is 24.3 Å². The number of benzene rings is 1. The SMILES string of the molecule is COC(=O)CCCN(C)C(=O)C1CCN(c2ccc(C#N)cc2)CC1. The first kappa shape index (κ1) is 18.8. The highest BCUT2D eigenvalue weighted by molar-refractivity contribution is 5.79. The fraction of sp³-hybridized carbons (Fsp3) is 0.526. The van der Waals surface area contributed by atoms with Crippen molar-refractivity contribution < 1.29 is 14.3 Å². The fourth-order valence-electron chi connectivity index (χ4n) is 3.12. The topological polar surface area (TPSA) is 73.6 Å². The number of anilines is 1. The zero-order chi connectivity index (χ0) is 18.2. The van der Waals surface area contributed by atoms with E-state index < -0.39 is 0 Å². The van der Waals surface area contributed by atoms with Gasteiger partial charge in [-0.15, -0.1) is 0 Å². The predicted molar refractivity (Wildman–Crippen MR) is 95.0 cm³/mol. The molecule has 1 fully saturated rings. The Hall–Kier alpha value is -2.55. The van der Waals surface area contributed by atoms with Gasteiger partial charge in [-0.25, -0.2) is 0 Å². The molecule has 0 aliphatic carbocycles. The Bertz CT molecular complexity index is 628. The third kappa shape index (κ3) is 5.21. The van der Waals surface area contributed by atoms with E-state index in [0.717, 1.165) is 31.6 Å². The molecule has 25 heavy (non-hydrogen) atoms. The number of esters is 1. The first-order chi connectivity index (χ1) is 12.0. The normalized spacial score (nSPS) is 14.7. The van der Waals surface area contributed by atoms with Gasteiger partial charge in [0.15, 0.2) is 0 Å². The van der Waals surface area contributed by atoms with E-state index in [4.69, 9.17) is 5.26 Å². The summed E-state index contributed by atoms with van der Waals surface area (Å²) in [5.74, 6) is -0.0429. The summed E-state index contributed by atoms with van der Waals surface area (Å²) >= 11 is 0. The molecule has 1 saturated heterocycles. The molecule has 0 N–H and O–H groups in total. The molecule has 1 aliphatic rings. The average molecular weight is 343 g/mol. The largest absolute Gasteiger partial charge is 0.469 e. The second-order valence-corrected chi connectivity index (χ2v) is 6.36. The number of nitrogens with zero attached hydrogens (tertiary/aromatic N) is 3. The third-order valence-corrected chi connectivity index (χ3v) is 4.68. The highest BCUT2D eigenvalue weighted by Crippen LogP contribution is 2.24. The van der Waals surface area contributed by atoms with E-state index in [1.807, 2.05) is 24.3 Å². The molecule has 0 atom stereocenters. The van der Waals surface area contributed by atoms with Gasteiger partial charge in [-0.3, -0.25) is 9.59 Å². The monoisotopic (exact) mass is 343 g/mol. The minimum absolute atomic E-state index is 0.0396. The molecule has 6 heteroatoms. The van der Waals surface area contributed by atoms with Crippen molar-refractivity contribution in [2.75, 3.05) is 38.7 Å². The van der Waals surface area contributed by atoms with E-state index in [1.54, 1.807) is 11.9 Å². The zero-order valence-corrected chi connectivity index (χ0v) is 14.9. The molecule has 6 nitrogen and oxygen atoms in total. The van der Waals surface area contributed by atoms with Crippen molar-refractivity contribution in [3.63, 3.8) is 0 Å². The summed E-state index contributed by atoms with van der Waals surface area (Å²) in [6.07, 6.45) is 2.60. The standard InChI is InChI=1S/C19H25N3O3/c1-21(11-3-4-18(23)25-2)19(24)16-9-12-22(13-10-16)17-7-5-15(14-20)6-8-17/h5-8,16H,3-4,9-13H2,1-2H3. The van der Waals surface area contributed by atoms with Gasteiger partial charge in [0, 0.05) is 44.7 Å². The molecule has 1 heterocycles. The number of carbonyl (C=O) groups is 2. The summed E-state index contributed by atoms with van der Waals surface area (Å²) in [4.78, 5) is 27.6. The maximum atomic E-state index is 12.5. The van der Waals surface area contributed by atoms with Gasteiger partial charge >= 0.3 is 5.97 Å². The fourth-order valence-corrected chi connectivity index (χ4v) is 3.12.